The Morgan fingerprint density at radius 1 is 1.14 bits per heavy atom. The normalized spacial score (nSPS) is 16.9. The Morgan fingerprint density at radius 3 is 2.52 bits per heavy atom. The highest BCUT2D eigenvalue weighted by Gasteiger charge is 2.29. The average Bonchev–Trinajstić information content (AvgIpc) is 3.05. The van der Waals surface area contributed by atoms with Gasteiger partial charge < -0.3 is 15.2 Å². The SMILES string of the molecule is Cn1c(=O)c2c(c(C#N)c(N3CCCC(N)C3)n2Cc2ccccc2)n(C)c1=O. The van der Waals surface area contributed by atoms with Crippen LogP contribution in [0.3, 0.4) is 0 Å². The lowest BCUT2D eigenvalue weighted by atomic mass is 10.1. The summed E-state index contributed by atoms with van der Waals surface area (Å²) in [7, 11) is 3.07. The first-order chi connectivity index (χ1) is 13.9. The summed E-state index contributed by atoms with van der Waals surface area (Å²) in [5.74, 6) is 0.666. The highest BCUT2D eigenvalue weighted by molar-refractivity contribution is 5.90. The molecule has 1 unspecified atom stereocenters. The Morgan fingerprint density at radius 2 is 1.86 bits per heavy atom. The molecule has 2 N–H and O–H groups in total. The first-order valence-electron chi connectivity index (χ1n) is 9.70. The van der Waals surface area contributed by atoms with E-state index in [4.69, 9.17) is 5.73 Å². The van der Waals surface area contributed by atoms with E-state index in [1.165, 1.54) is 11.6 Å². The molecule has 1 aromatic carbocycles. The van der Waals surface area contributed by atoms with Crippen molar-refractivity contribution in [1.29, 1.82) is 5.26 Å². The van der Waals surface area contributed by atoms with E-state index < -0.39 is 11.2 Å². The maximum absolute atomic E-state index is 13.1. The molecule has 1 atom stereocenters. The predicted molar refractivity (Wildman–Crippen MR) is 112 cm³/mol. The summed E-state index contributed by atoms with van der Waals surface area (Å²) in [5.41, 5.74) is 7.46. The summed E-state index contributed by atoms with van der Waals surface area (Å²) in [6.07, 6.45) is 1.84. The molecule has 1 fully saturated rings. The molecule has 0 radical (unpaired) electrons. The summed E-state index contributed by atoms with van der Waals surface area (Å²) < 4.78 is 4.36. The standard InChI is InChI=1S/C21H24N6O2/c1-24-17-16(11-22)19(26-10-6-9-15(23)13-26)27(12-14-7-4-3-5-8-14)18(17)20(28)25(2)21(24)29/h3-5,7-8,15H,6,9-10,12-13,23H2,1-2H3. The number of anilines is 1. The Labute approximate surface area is 168 Å². The van der Waals surface area contributed by atoms with Gasteiger partial charge in [-0.15, -0.1) is 0 Å². The van der Waals surface area contributed by atoms with Crippen molar-refractivity contribution >= 4 is 16.9 Å². The lowest BCUT2D eigenvalue weighted by Gasteiger charge is -2.33. The molecule has 8 nitrogen and oxygen atoms in total. The molecule has 0 spiro atoms. The number of aromatic nitrogens is 3. The Kier molecular flexibility index (Phi) is 4.76. The van der Waals surface area contributed by atoms with Crippen LogP contribution in [0.15, 0.2) is 39.9 Å². The largest absolute Gasteiger partial charge is 0.355 e. The number of fused-ring (bicyclic) bond motifs is 1. The Bertz CT molecular complexity index is 1230. The second-order valence-electron chi connectivity index (χ2n) is 7.63. The van der Waals surface area contributed by atoms with Crippen LogP contribution >= 0.6 is 0 Å². The molecule has 8 heteroatoms. The van der Waals surface area contributed by atoms with E-state index in [0.717, 1.165) is 29.5 Å². The van der Waals surface area contributed by atoms with Gasteiger partial charge >= 0.3 is 5.69 Å². The molecule has 1 saturated heterocycles. The van der Waals surface area contributed by atoms with Crippen molar-refractivity contribution < 1.29 is 0 Å². The van der Waals surface area contributed by atoms with Crippen molar-refractivity contribution in [3.8, 4) is 6.07 Å². The van der Waals surface area contributed by atoms with Gasteiger partial charge in [0.1, 0.15) is 23.0 Å². The van der Waals surface area contributed by atoms with E-state index in [1.807, 2.05) is 34.9 Å². The van der Waals surface area contributed by atoms with Crippen LogP contribution < -0.4 is 21.9 Å². The smallest absolute Gasteiger partial charge is 0.331 e. The van der Waals surface area contributed by atoms with Crippen LogP contribution in [0.5, 0.6) is 0 Å². The lowest BCUT2D eigenvalue weighted by molar-refractivity contribution is 0.498. The Hall–Kier alpha value is -3.31. The minimum absolute atomic E-state index is 0.00475. The molecule has 3 aromatic rings. The summed E-state index contributed by atoms with van der Waals surface area (Å²) in [5, 5.41) is 10.0. The molecular weight excluding hydrogens is 368 g/mol. The second kappa shape index (κ2) is 7.26. The van der Waals surface area contributed by atoms with Gasteiger partial charge in [0.25, 0.3) is 5.56 Å². The van der Waals surface area contributed by atoms with E-state index >= 15 is 0 Å². The van der Waals surface area contributed by atoms with E-state index in [0.29, 0.717) is 35.5 Å². The molecule has 2 aromatic heterocycles. The molecule has 0 bridgehead atoms. The van der Waals surface area contributed by atoms with E-state index in [2.05, 4.69) is 11.0 Å². The number of nitriles is 1. The number of benzene rings is 1. The van der Waals surface area contributed by atoms with Gasteiger partial charge in [0.05, 0.1) is 5.52 Å². The topological polar surface area (TPSA) is 102 Å². The van der Waals surface area contributed by atoms with Gasteiger partial charge in [0.2, 0.25) is 0 Å². The number of piperidine rings is 1. The van der Waals surface area contributed by atoms with E-state index in [1.54, 1.807) is 7.05 Å². The molecule has 150 valence electrons. The van der Waals surface area contributed by atoms with Crippen molar-refractivity contribution in [3.05, 3.63) is 62.3 Å². The van der Waals surface area contributed by atoms with Crippen LogP contribution in [-0.4, -0.2) is 32.8 Å². The first kappa shape index (κ1) is 19.0. The maximum Gasteiger partial charge on any atom is 0.331 e. The number of nitrogens with two attached hydrogens (primary N) is 1. The van der Waals surface area contributed by atoms with Crippen LogP contribution in [0.2, 0.25) is 0 Å². The third-order valence-corrected chi connectivity index (χ3v) is 5.68. The third-order valence-electron chi connectivity index (χ3n) is 5.68. The van der Waals surface area contributed by atoms with Gasteiger partial charge in [-0.25, -0.2) is 4.79 Å². The highest BCUT2D eigenvalue weighted by Crippen LogP contribution is 2.32. The molecule has 0 saturated carbocycles. The minimum atomic E-state index is -0.447. The number of rotatable bonds is 3. The van der Waals surface area contributed by atoms with Gasteiger partial charge in [-0.2, -0.15) is 5.26 Å². The summed E-state index contributed by atoms with van der Waals surface area (Å²) in [4.78, 5) is 27.8. The van der Waals surface area contributed by atoms with Crippen molar-refractivity contribution in [1.82, 2.24) is 13.7 Å². The number of nitrogens with zero attached hydrogens (tertiary/aromatic N) is 5. The zero-order valence-corrected chi connectivity index (χ0v) is 16.6. The number of aryl methyl sites for hydroxylation is 1. The summed E-state index contributed by atoms with van der Waals surface area (Å²) in [6.45, 7) is 1.78. The lowest BCUT2D eigenvalue weighted by Crippen LogP contribution is -2.44. The molecule has 29 heavy (non-hydrogen) atoms. The molecule has 4 rings (SSSR count). The minimum Gasteiger partial charge on any atom is -0.355 e. The van der Waals surface area contributed by atoms with Gasteiger partial charge in [0.15, 0.2) is 0 Å². The van der Waals surface area contributed by atoms with Crippen LogP contribution in [0.1, 0.15) is 24.0 Å². The number of hydrogen-bond donors (Lipinski definition) is 1. The van der Waals surface area contributed by atoms with Crippen LogP contribution in [0.4, 0.5) is 5.82 Å². The Balaban J connectivity index is 2.09. The van der Waals surface area contributed by atoms with Crippen molar-refractivity contribution in [2.45, 2.75) is 25.4 Å². The predicted octanol–water partition coefficient (Wildman–Crippen LogP) is 0.886. The fourth-order valence-corrected chi connectivity index (χ4v) is 4.26. The zero-order valence-electron chi connectivity index (χ0n) is 16.6. The second-order valence-corrected chi connectivity index (χ2v) is 7.63. The quantitative estimate of drug-likeness (QED) is 0.713. The van der Waals surface area contributed by atoms with Gasteiger partial charge in [0, 0.05) is 39.8 Å². The highest BCUT2D eigenvalue weighted by atomic mass is 16.2. The monoisotopic (exact) mass is 392 g/mol. The van der Waals surface area contributed by atoms with Crippen molar-refractivity contribution in [2.75, 3.05) is 18.0 Å². The summed E-state index contributed by atoms with van der Waals surface area (Å²) >= 11 is 0. The van der Waals surface area contributed by atoms with Gasteiger partial charge in [-0.1, -0.05) is 30.3 Å². The molecule has 3 heterocycles. The van der Waals surface area contributed by atoms with E-state index in [9.17, 15) is 14.9 Å². The fourth-order valence-electron chi connectivity index (χ4n) is 4.26. The zero-order chi connectivity index (χ0) is 20.7. The fraction of sp³-hybridized carbons (Fsp3) is 0.381. The van der Waals surface area contributed by atoms with Crippen LogP contribution in [0, 0.1) is 11.3 Å². The van der Waals surface area contributed by atoms with Crippen molar-refractivity contribution in [3.63, 3.8) is 0 Å². The molecule has 1 aliphatic rings. The molecule has 0 amide bonds. The summed E-state index contributed by atoms with van der Waals surface area (Å²) in [6, 6.07) is 12.0. The first-order valence-corrected chi connectivity index (χ1v) is 9.70. The van der Waals surface area contributed by atoms with Crippen molar-refractivity contribution in [2.24, 2.45) is 19.8 Å². The molecule has 1 aliphatic heterocycles. The van der Waals surface area contributed by atoms with E-state index in [-0.39, 0.29) is 6.04 Å². The van der Waals surface area contributed by atoms with Gasteiger partial charge in [-0.3, -0.25) is 13.9 Å². The average molecular weight is 392 g/mol. The van der Waals surface area contributed by atoms with Crippen LogP contribution in [0.25, 0.3) is 11.0 Å². The maximum atomic E-state index is 13.1. The van der Waals surface area contributed by atoms with Crippen LogP contribution in [-0.2, 0) is 20.6 Å². The number of hydrogen-bond acceptors (Lipinski definition) is 5. The third kappa shape index (κ3) is 3.04. The van der Waals surface area contributed by atoms with Gasteiger partial charge in [-0.05, 0) is 18.4 Å². The molecular formula is C21H24N6O2. The molecule has 0 aliphatic carbocycles.